The van der Waals surface area contributed by atoms with Crippen molar-refractivity contribution < 1.29 is 37.6 Å². The smallest absolute Gasteiger partial charge is 0.462 e. The van der Waals surface area contributed by atoms with E-state index < -0.39 is 26.5 Å². The van der Waals surface area contributed by atoms with Crippen molar-refractivity contribution in [2.24, 2.45) is 5.73 Å². The summed E-state index contributed by atoms with van der Waals surface area (Å²) in [6.45, 7) is 3.75. The van der Waals surface area contributed by atoms with Gasteiger partial charge in [0.25, 0.3) is 0 Å². The van der Waals surface area contributed by atoms with Crippen LogP contribution in [-0.2, 0) is 32.7 Å². The third-order valence-corrected chi connectivity index (χ3v) is 11.4. The maximum atomic E-state index is 12.6. The topological polar surface area (TPSA) is 134 Å². The molecule has 0 saturated carbocycles. The first-order valence-corrected chi connectivity index (χ1v) is 25.2. The molecule has 0 fully saturated rings. The molecule has 0 rings (SSSR count). The Morgan fingerprint density at radius 3 is 1.29 bits per heavy atom. The van der Waals surface area contributed by atoms with Crippen LogP contribution in [0.4, 0.5) is 0 Å². The van der Waals surface area contributed by atoms with Gasteiger partial charge in [0.05, 0.1) is 13.2 Å². The number of hydrogen-bond acceptors (Lipinski definition) is 8. The second kappa shape index (κ2) is 43.3. The number of unbranched alkanes of at least 4 members (excludes halogenated alkanes) is 30. The largest absolute Gasteiger partial charge is 0.472 e. The molecule has 0 aromatic rings. The Hall–Kier alpha value is -1.25. The SMILES string of the molecule is CCCCCC/C=C/CCCCCCCC(=O)O[C@H](COC(=O)CCCCCCCCCCCCCCCCCCCCCCCC)COP(=O)(O)OCCN. The lowest BCUT2D eigenvalue weighted by Crippen LogP contribution is -2.29. The van der Waals surface area contributed by atoms with Crippen molar-refractivity contribution in [3.63, 3.8) is 0 Å². The monoisotopic (exact) mass is 816 g/mol. The Bertz CT molecular complexity index is 933. The van der Waals surface area contributed by atoms with E-state index >= 15 is 0 Å². The van der Waals surface area contributed by atoms with Gasteiger partial charge in [0.1, 0.15) is 6.61 Å². The number of carbonyl (C=O) groups excluding carboxylic acids is 2. The number of rotatable bonds is 45. The van der Waals surface area contributed by atoms with Crippen molar-refractivity contribution in [2.75, 3.05) is 26.4 Å². The third-order valence-electron chi connectivity index (χ3n) is 10.4. The number of allylic oxidation sites excluding steroid dienone is 2. The number of ether oxygens (including phenoxy) is 2. The molecule has 2 atom stereocenters. The summed E-state index contributed by atoms with van der Waals surface area (Å²) in [4.78, 5) is 34.9. The molecule has 0 amide bonds. The first-order chi connectivity index (χ1) is 27.3. The number of esters is 2. The summed E-state index contributed by atoms with van der Waals surface area (Å²) in [5, 5.41) is 0. The Morgan fingerprint density at radius 1 is 0.518 bits per heavy atom. The average Bonchev–Trinajstić information content (AvgIpc) is 3.18. The highest BCUT2D eigenvalue weighted by Gasteiger charge is 2.26. The molecule has 3 N–H and O–H groups in total. The fourth-order valence-electron chi connectivity index (χ4n) is 6.87. The van der Waals surface area contributed by atoms with E-state index in [2.05, 4.69) is 26.0 Å². The highest BCUT2D eigenvalue weighted by Crippen LogP contribution is 2.43. The van der Waals surface area contributed by atoms with Gasteiger partial charge in [-0.2, -0.15) is 0 Å². The summed E-state index contributed by atoms with van der Waals surface area (Å²) in [6, 6.07) is 0. The van der Waals surface area contributed by atoms with E-state index in [0.29, 0.717) is 6.42 Å². The van der Waals surface area contributed by atoms with Crippen LogP contribution in [0.25, 0.3) is 0 Å². The fourth-order valence-corrected chi connectivity index (χ4v) is 7.63. The molecule has 0 bridgehead atoms. The molecule has 0 aliphatic heterocycles. The summed E-state index contributed by atoms with van der Waals surface area (Å²) in [5.74, 6) is -0.826. The zero-order valence-corrected chi connectivity index (χ0v) is 37.5. The normalized spacial score (nSPS) is 13.3. The minimum absolute atomic E-state index is 0.0549. The van der Waals surface area contributed by atoms with E-state index in [1.807, 2.05) is 0 Å². The van der Waals surface area contributed by atoms with E-state index in [1.165, 1.54) is 154 Å². The highest BCUT2D eigenvalue weighted by molar-refractivity contribution is 7.47. The maximum Gasteiger partial charge on any atom is 0.472 e. The zero-order chi connectivity index (χ0) is 41.1. The molecule has 10 heteroatoms. The van der Waals surface area contributed by atoms with E-state index in [1.54, 1.807) is 0 Å². The molecule has 0 aliphatic rings. The predicted molar refractivity (Wildman–Crippen MR) is 234 cm³/mol. The first-order valence-electron chi connectivity index (χ1n) is 23.7. The number of nitrogens with two attached hydrogens (primary N) is 1. The molecular weight excluding hydrogens is 725 g/mol. The Balaban J connectivity index is 4.00. The Labute approximate surface area is 345 Å². The molecule has 56 heavy (non-hydrogen) atoms. The molecule has 332 valence electrons. The lowest BCUT2D eigenvalue weighted by Gasteiger charge is -2.19. The van der Waals surface area contributed by atoms with Gasteiger partial charge in [-0.15, -0.1) is 0 Å². The van der Waals surface area contributed by atoms with Gasteiger partial charge in [0, 0.05) is 19.4 Å². The van der Waals surface area contributed by atoms with Crippen LogP contribution in [0.1, 0.15) is 239 Å². The van der Waals surface area contributed by atoms with E-state index in [9.17, 15) is 19.0 Å². The van der Waals surface area contributed by atoms with Crippen molar-refractivity contribution >= 4 is 19.8 Å². The van der Waals surface area contributed by atoms with Gasteiger partial charge in [0.15, 0.2) is 6.10 Å². The standard InChI is InChI=1S/C46H90NO8P/c1-3-5-7-9-11-13-15-17-18-19-20-21-22-23-24-25-27-28-30-32-34-36-38-45(48)52-42-44(43-54-56(50,51)53-41-40-47)55-46(49)39-37-35-33-31-29-26-16-14-12-10-8-6-4-2/h14,16,44H,3-13,15,17-43,47H2,1-2H3,(H,50,51)/b16-14+/t44-/m1/s1. The summed E-state index contributed by atoms with van der Waals surface area (Å²) in [7, 11) is -4.37. The molecule has 0 aromatic carbocycles. The summed E-state index contributed by atoms with van der Waals surface area (Å²) in [5.41, 5.74) is 5.35. The molecule has 0 saturated heterocycles. The van der Waals surface area contributed by atoms with Crippen LogP contribution in [0.5, 0.6) is 0 Å². The van der Waals surface area contributed by atoms with Crippen LogP contribution in [0, 0.1) is 0 Å². The molecule has 1 unspecified atom stereocenters. The number of phosphoric acid groups is 1. The van der Waals surface area contributed by atoms with Crippen molar-refractivity contribution in [3.05, 3.63) is 12.2 Å². The van der Waals surface area contributed by atoms with Gasteiger partial charge in [0.2, 0.25) is 0 Å². The lowest BCUT2D eigenvalue weighted by molar-refractivity contribution is -0.161. The quantitative estimate of drug-likeness (QED) is 0.0266. The van der Waals surface area contributed by atoms with Gasteiger partial charge in [-0.3, -0.25) is 18.6 Å². The molecule has 0 radical (unpaired) electrons. The van der Waals surface area contributed by atoms with Crippen molar-refractivity contribution in [1.29, 1.82) is 0 Å². The number of phosphoric ester groups is 1. The molecule has 9 nitrogen and oxygen atoms in total. The van der Waals surface area contributed by atoms with Gasteiger partial charge in [-0.05, 0) is 38.5 Å². The summed E-state index contributed by atoms with van der Waals surface area (Å²) >= 11 is 0. The second-order valence-corrected chi connectivity index (χ2v) is 17.4. The van der Waals surface area contributed by atoms with Gasteiger partial charge < -0.3 is 20.1 Å². The Morgan fingerprint density at radius 2 is 0.875 bits per heavy atom. The van der Waals surface area contributed by atoms with Gasteiger partial charge in [-0.25, -0.2) is 4.57 Å². The number of carbonyl (C=O) groups is 2. The van der Waals surface area contributed by atoms with Crippen LogP contribution in [-0.4, -0.2) is 49.3 Å². The lowest BCUT2D eigenvalue weighted by atomic mass is 10.0. The van der Waals surface area contributed by atoms with E-state index in [4.69, 9.17) is 24.3 Å². The maximum absolute atomic E-state index is 12.6. The Kier molecular flexibility index (Phi) is 42.4. The second-order valence-electron chi connectivity index (χ2n) is 16.0. The summed E-state index contributed by atoms with van der Waals surface area (Å²) < 4.78 is 32.8. The van der Waals surface area contributed by atoms with Crippen LogP contribution >= 0.6 is 7.82 Å². The van der Waals surface area contributed by atoms with Crippen LogP contribution in [0.3, 0.4) is 0 Å². The third kappa shape index (κ3) is 42.4. The fraction of sp³-hybridized carbons (Fsp3) is 0.913. The average molecular weight is 816 g/mol. The van der Waals surface area contributed by atoms with Crippen LogP contribution in [0.2, 0.25) is 0 Å². The van der Waals surface area contributed by atoms with Crippen LogP contribution < -0.4 is 5.73 Å². The highest BCUT2D eigenvalue weighted by atomic mass is 31.2. The molecular formula is C46H90NO8P. The number of hydrogen-bond donors (Lipinski definition) is 2. The molecule has 0 heterocycles. The van der Waals surface area contributed by atoms with Gasteiger partial charge >= 0.3 is 19.8 Å². The van der Waals surface area contributed by atoms with E-state index in [-0.39, 0.29) is 38.6 Å². The van der Waals surface area contributed by atoms with Gasteiger partial charge in [-0.1, -0.05) is 199 Å². The van der Waals surface area contributed by atoms with Crippen molar-refractivity contribution in [3.8, 4) is 0 Å². The molecule has 0 spiro atoms. The van der Waals surface area contributed by atoms with Crippen molar-refractivity contribution in [1.82, 2.24) is 0 Å². The molecule has 0 aliphatic carbocycles. The zero-order valence-electron chi connectivity index (χ0n) is 36.6. The van der Waals surface area contributed by atoms with Crippen LogP contribution in [0.15, 0.2) is 12.2 Å². The molecule has 0 aromatic heterocycles. The summed E-state index contributed by atoms with van der Waals surface area (Å²) in [6.07, 6.45) is 45.4. The first kappa shape index (κ1) is 54.8. The van der Waals surface area contributed by atoms with E-state index in [0.717, 1.165) is 51.4 Å². The predicted octanol–water partition coefficient (Wildman–Crippen LogP) is 13.8. The van der Waals surface area contributed by atoms with Crippen molar-refractivity contribution in [2.45, 2.75) is 245 Å². The minimum atomic E-state index is -4.37. The minimum Gasteiger partial charge on any atom is -0.462 e.